The van der Waals surface area contributed by atoms with E-state index in [1.165, 1.54) is 10.4 Å². The van der Waals surface area contributed by atoms with Gasteiger partial charge in [0.1, 0.15) is 5.75 Å². The largest absolute Gasteiger partial charge is 0.468 e. The lowest BCUT2D eigenvalue weighted by atomic mass is 9.97. The highest BCUT2D eigenvalue weighted by Gasteiger charge is 2.41. The first kappa shape index (κ1) is 14.3. The minimum absolute atomic E-state index is 0.000743. The van der Waals surface area contributed by atoms with Crippen molar-refractivity contribution < 1.29 is 4.74 Å². The van der Waals surface area contributed by atoms with Gasteiger partial charge in [-0.2, -0.15) is 5.10 Å². The Balaban J connectivity index is 1.75. The summed E-state index contributed by atoms with van der Waals surface area (Å²) < 4.78 is 7.36. The summed E-state index contributed by atoms with van der Waals surface area (Å²) in [6.45, 7) is 4.37. The third kappa shape index (κ3) is 2.27. The number of thiophene rings is 1. The molecule has 2 aliphatic heterocycles. The van der Waals surface area contributed by atoms with E-state index in [0.717, 1.165) is 21.7 Å². The van der Waals surface area contributed by atoms with E-state index in [0.29, 0.717) is 5.92 Å². The topological polar surface area (TPSA) is 24.8 Å². The highest BCUT2D eigenvalue weighted by atomic mass is 79.9. The third-order valence-electron chi connectivity index (χ3n) is 4.16. The Morgan fingerprint density at radius 3 is 2.82 bits per heavy atom. The summed E-state index contributed by atoms with van der Waals surface area (Å²) in [6, 6.07) is 12.9. The second kappa shape index (κ2) is 5.39. The van der Waals surface area contributed by atoms with Crippen LogP contribution in [0.4, 0.5) is 0 Å². The molecule has 0 spiro atoms. The Bertz CT molecular complexity index is 740. The van der Waals surface area contributed by atoms with Crippen LogP contribution in [-0.2, 0) is 0 Å². The molecule has 0 amide bonds. The van der Waals surface area contributed by atoms with Gasteiger partial charge in [0.15, 0.2) is 6.23 Å². The van der Waals surface area contributed by atoms with Gasteiger partial charge in [-0.3, -0.25) is 0 Å². The standard InChI is InChI=1S/C17H17BrN2OS/c1-10(2)17-20-13(11-5-3-4-6-14(11)21-17)9-12(19-20)15-7-8-16(18)22-15/h3-8,10,13,17H,9H2,1-2H3/t13-,17+/m1/s1. The van der Waals surface area contributed by atoms with E-state index in [9.17, 15) is 0 Å². The van der Waals surface area contributed by atoms with Crippen molar-refractivity contribution >= 4 is 33.0 Å². The smallest absolute Gasteiger partial charge is 0.190 e. The lowest BCUT2D eigenvalue weighted by Crippen LogP contribution is -2.43. The zero-order valence-corrected chi connectivity index (χ0v) is 14.9. The molecule has 1 aromatic carbocycles. The number of nitrogens with zero attached hydrogens (tertiary/aromatic N) is 2. The van der Waals surface area contributed by atoms with Crippen molar-refractivity contribution in [1.82, 2.24) is 5.01 Å². The molecule has 0 N–H and O–H groups in total. The van der Waals surface area contributed by atoms with Crippen LogP contribution in [0.25, 0.3) is 0 Å². The highest BCUT2D eigenvalue weighted by Crippen LogP contribution is 2.44. The molecule has 0 saturated carbocycles. The van der Waals surface area contributed by atoms with Gasteiger partial charge >= 0.3 is 0 Å². The summed E-state index contributed by atoms with van der Waals surface area (Å²) in [5.41, 5.74) is 2.40. The molecule has 0 aliphatic carbocycles. The van der Waals surface area contributed by atoms with Gasteiger partial charge in [0.05, 0.1) is 20.4 Å². The number of halogens is 1. The molecule has 0 fully saturated rings. The average Bonchev–Trinajstić information content (AvgIpc) is 3.12. The number of benzene rings is 1. The quantitative estimate of drug-likeness (QED) is 0.733. The second-order valence-corrected chi connectivity index (χ2v) is 8.50. The number of hydrogen-bond acceptors (Lipinski definition) is 4. The number of fused-ring (bicyclic) bond motifs is 3. The normalized spacial score (nSPS) is 23.1. The van der Waals surface area contributed by atoms with Gasteiger partial charge in [-0.05, 0) is 34.1 Å². The molecule has 0 saturated heterocycles. The average molecular weight is 377 g/mol. The van der Waals surface area contributed by atoms with Crippen LogP contribution in [0.1, 0.15) is 36.8 Å². The van der Waals surface area contributed by atoms with E-state index >= 15 is 0 Å². The summed E-state index contributed by atoms with van der Waals surface area (Å²) in [5.74, 6) is 1.39. The molecule has 1 aromatic heterocycles. The maximum atomic E-state index is 6.21. The second-order valence-electron chi connectivity index (χ2n) is 6.04. The number of ether oxygens (including phenoxy) is 1. The first-order valence-corrected chi connectivity index (χ1v) is 9.11. The Morgan fingerprint density at radius 2 is 2.09 bits per heavy atom. The van der Waals surface area contributed by atoms with Crippen molar-refractivity contribution in [3.63, 3.8) is 0 Å². The molecule has 0 radical (unpaired) electrons. The number of para-hydroxylation sites is 1. The van der Waals surface area contributed by atoms with Crippen LogP contribution < -0.4 is 4.74 Å². The summed E-state index contributed by atoms with van der Waals surface area (Å²) in [6.07, 6.45) is 0.942. The highest BCUT2D eigenvalue weighted by molar-refractivity contribution is 9.11. The van der Waals surface area contributed by atoms with E-state index in [1.54, 1.807) is 11.3 Å². The minimum Gasteiger partial charge on any atom is -0.468 e. The molecule has 114 valence electrons. The van der Waals surface area contributed by atoms with Crippen LogP contribution in [0.2, 0.25) is 0 Å². The van der Waals surface area contributed by atoms with Crippen LogP contribution in [-0.4, -0.2) is 16.9 Å². The Hall–Kier alpha value is -1.33. The molecule has 2 aliphatic rings. The van der Waals surface area contributed by atoms with Crippen molar-refractivity contribution in [2.45, 2.75) is 32.5 Å². The first-order chi connectivity index (χ1) is 10.6. The predicted octanol–water partition coefficient (Wildman–Crippen LogP) is 5.04. The molecule has 0 bridgehead atoms. The van der Waals surface area contributed by atoms with Crippen molar-refractivity contribution in [2.24, 2.45) is 11.0 Å². The summed E-state index contributed by atoms with van der Waals surface area (Å²) in [7, 11) is 0. The molecule has 3 nitrogen and oxygen atoms in total. The van der Waals surface area contributed by atoms with E-state index in [1.807, 2.05) is 6.07 Å². The van der Waals surface area contributed by atoms with Gasteiger partial charge in [-0.25, -0.2) is 5.01 Å². The van der Waals surface area contributed by atoms with Crippen LogP contribution in [0, 0.1) is 5.92 Å². The van der Waals surface area contributed by atoms with Crippen molar-refractivity contribution in [3.05, 3.63) is 50.6 Å². The molecule has 22 heavy (non-hydrogen) atoms. The molecule has 5 heteroatoms. The molecule has 0 unspecified atom stereocenters. The van der Waals surface area contributed by atoms with Crippen LogP contribution >= 0.6 is 27.3 Å². The SMILES string of the molecule is CC(C)[C@@H]1Oc2ccccc2[C@H]2CC(c3ccc(Br)s3)=NN21. The van der Waals surface area contributed by atoms with E-state index in [-0.39, 0.29) is 12.3 Å². The van der Waals surface area contributed by atoms with Gasteiger partial charge in [0, 0.05) is 17.9 Å². The minimum atomic E-state index is 0.000743. The Kier molecular flexibility index (Phi) is 3.50. The summed E-state index contributed by atoms with van der Waals surface area (Å²) in [5, 5.41) is 7.07. The molecule has 2 aromatic rings. The van der Waals surface area contributed by atoms with Crippen molar-refractivity contribution in [1.29, 1.82) is 0 Å². The van der Waals surface area contributed by atoms with E-state index < -0.39 is 0 Å². The van der Waals surface area contributed by atoms with Crippen LogP contribution in [0.15, 0.2) is 45.3 Å². The number of hydrogen-bond donors (Lipinski definition) is 0. The summed E-state index contributed by atoms with van der Waals surface area (Å²) in [4.78, 5) is 1.24. The molecule has 3 heterocycles. The van der Waals surface area contributed by atoms with Crippen LogP contribution in [0.5, 0.6) is 5.75 Å². The monoisotopic (exact) mass is 376 g/mol. The lowest BCUT2D eigenvalue weighted by Gasteiger charge is -2.39. The maximum Gasteiger partial charge on any atom is 0.190 e. The Labute approximate surface area is 142 Å². The van der Waals surface area contributed by atoms with Gasteiger partial charge in [0.2, 0.25) is 0 Å². The fourth-order valence-electron chi connectivity index (χ4n) is 3.12. The zero-order chi connectivity index (χ0) is 15.3. The maximum absolute atomic E-state index is 6.21. The van der Waals surface area contributed by atoms with Gasteiger partial charge in [-0.1, -0.05) is 32.0 Å². The zero-order valence-electron chi connectivity index (χ0n) is 12.5. The fraction of sp³-hybridized carbons (Fsp3) is 0.353. The van der Waals surface area contributed by atoms with Gasteiger partial charge < -0.3 is 4.74 Å². The first-order valence-electron chi connectivity index (χ1n) is 7.50. The van der Waals surface area contributed by atoms with Crippen molar-refractivity contribution in [3.8, 4) is 5.75 Å². The third-order valence-corrected chi connectivity index (χ3v) is 5.83. The number of hydrazone groups is 1. The predicted molar refractivity (Wildman–Crippen MR) is 93.4 cm³/mol. The van der Waals surface area contributed by atoms with E-state index in [4.69, 9.17) is 9.84 Å². The van der Waals surface area contributed by atoms with Gasteiger partial charge in [0.25, 0.3) is 0 Å². The summed E-state index contributed by atoms with van der Waals surface area (Å²) >= 11 is 5.28. The van der Waals surface area contributed by atoms with Crippen molar-refractivity contribution in [2.75, 3.05) is 0 Å². The lowest BCUT2D eigenvalue weighted by molar-refractivity contribution is -0.0461. The molecular weight excluding hydrogens is 360 g/mol. The number of rotatable bonds is 2. The Morgan fingerprint density at radius 1 is 1.27 bits per heavy atom. The molecule has 4 rings (SSSR count). The van der Waals surface area contributed by atoms with Gasteiger partial charge in [-0.15, -0.1) is 11.3 Å². The molecule has 2 atom stereocenters. The van der Waals surface area contributed by atoms with Crippen LogP contribution in [0.3, 0.4) is 0 Å². The fourth-order valence-corrected chi connectivity index (χ4v) is 4.50. The van der Waals surface area contributed by atoms with E-state index in [2.05, 4.69) is 65.1 Å². The molecular formula is C17H17BrN2OS.